The van der Waals surface area contributed by atoms with Crippen LogP contribution in [-0.2, 0) is 0 Å². The fourth-order valence-corrected chi connectivity index (χ4v) is 3.55. The summed E-state index contributed by atoms with van der Waals surface area (Å²) < 4.78 is 1.24. The molecular formula is C15H16OS. The van der Waals surface area contributed by atoms with Gasteiger partial charge in [0.15, 0.2) is 0 Å². The van der Waals surface area contributed by atoms with Crippen LogP contribution in [0.2, 0.25) is 0 Å². The fraction of sp³-hybridized carbons (Fsp3) is 0.333. The highest BCUT2D eigenvalue weighted by Gasteiger charge is 2.22. The number of benzene rings is 1. The lowest BCUT2D eigenvalue weighted by Crippen LogP contribution is -2.13. The second kappa shape index (κ2) is 4.63. The Kier molecular flexibility index (Phi) is 3.00. The number of fused-ring (bicyclic) bond motifs is 1. The van der Waals surface area contributed by atoms with Crippen LogP contribution >= 0.6 is 11.3 Å². The SMILES string of the molecule is OC(c1cccc2ccsc12)C1CC=CCC1. The molecule has 1 nitrogen and oxygen atoms in total. The predicted octanol–water partition coefficient (Wildman–Crippen LogP) is 4.29. The summed E-state index contributed by atoms with van der Waals surface area (Å²) in [6, 6.07) is 8.36. The summed E-state index contributed by atoms with van der Waals surface area (Å²) in [5.41, 5.74) is 1.11. The Hall–Kier alpha value is -1.12. The number of aliphatic hydroxyl groups excluding tert-OH is 1. The number of thiophene rings is 1. The molecule has 1 aliphatic carbocycles. The molecule has 0 radical (unpaired) electrons. The standard InChI is InChI=1S/C15H16OS/c16-14(11-5-2-1-3-6-11)13-8-4-7-12-9-10-17-15(12)13/h1-2,4,7-11,14,16H,3,5-6H2. The maximum absolute atomic E-state index is 10.5. The normalized spacial score (nSPS) is 21.8. The molecule has 0 spiro atoms. The Morgan fingerprint density at radius 1 is 1.24 bits per heavy atom. The van der Waals surface area contributed by atoms with Gasteiger partial charge in [-0.25, -0.2) is 0 Å². The van der Waals surface area contributed by atoms with Crippen LogP contribution in [0.4, 0.5) is 0 Å². The van der Waals surface area contributed by atoms with E-state index in [9.17, 15) is 5.11 Å². The summed E-state index contributed by atoms with van der Waals surface area (Å²) in [5.74, 6) is 0.382. The fourth-order valence-electron chi connectivity index (χ4n) is 2.61. The first-order valence-corrected chi connectivity index (χ1v) is 7.03. The molecule has 88 valence electrons. The van der Waals surface area contributed by atoms with Gasteiger partial charge in [-0.2, -0.15) is 0 Å². The number of hydrogen-bond acceptors (Lipinski definition) is 2. The van der Waals surface area contributed by atoms with E-state index in [-0.39, 0.29) is 6.10 Å². The molecular weight excluding hydrogens is 228 g/mol. The van der Waals surface area contributed by atoms with Gasteiger partial charge in [-0.05, 0) is 47.6 Å². The monoisotopic (exact) mass is 244 g/mol. The first-order valence-electron chi connectivity index (χ1n) is 6.15. The average molecular weight is 244 g/mol. The molecule has 0 bridgehead atoms. The van der Waals surface area contributed by atoms with Gasteiger partial charge in [-0.3, -0.25) is 0 Å². The summed E-state index contributed by atoms with van der Waals surface area (Å²) >= 11 is 1.73. The molecule has 0 aliphatic heterocycles. The van der Waals surface area contributed by atoms with Gasteiger partial charge < -0.3 is 5.11 Å². The van der Waals surface area contributed by atoms with Crippen molar-refractivity contribution in [3.05, 3.63) is 47.4 Å². The predicted molar refractivity (Wildman–Crippen MR) is 73.3 cm³/mol. The van der Waals surface area contributed by atoms with E-state index in [4.69, 9.17) is 0 Å². The molecule has 0 saturated carbocycles. The lowest BCUT2D eigenvalue weighted by molar-refractivity contribution is 0.104. The number of rotatable bonds is 2. The highest BCUT2D eigenvalue weighted by atomic mass is 32.1. The van der Waals surface area contributed by atoms with E-state index >= 15 is 0 Å². The smallest absolute Gasteiger partial charge is 0.0835 e. The Bertz CT molecular complexity index is 541. The van der Waals surface area contributed by atoms with Crippen LogP contribution in [0.3, 0.4) is 0 Å². The van der Waals surface area contributed by atoms with Gasteiger partial charge in [0, 0.05) is 4.70 Å². The minimum absolute atomic E-state index is 0.317. The molecule has 0 amide bonds. The molecule has 2 heteroatoms. The van der Waals surface area contributed by atoms with Crippen molar-refractivity contribution in [2.45, 2.75) is 25.4 Å². The lowest BCUT2D eigenvalue weighted by Gasteiger charge is -2.24. The Morgan fingerprint density at radius 3 is 3.00 bits per heavy atom. The maximum atomic E-state index is 10.5. The molecule has 1 aromatic heterocycles. The molecule has 1 N–H and O–H groups in total. The van der Waals surface area contributed by atoms with Gasteiger partial charge in [0.05, 0.1) is 6.10 Å². The number of allylic oxidation sites excluding steroid dienone is 2. The van der Waals surface area contributed by atoms with Crippen LogP contribution < -0.4 is 0 Å². The van der Waals surface area contributed by atoms with Crippen molar-refractivity contribution in [3.63, 3.8) is 0 Å². The Labute approximate surface area is 105 Å². The minimum atomic E-state index is -0.317. The van der Waals surface area contributed by atoms with E-state index in [2.05, 4.69) is 35.7 Å². The molecule has 0 fully saturated rings. The van der Waals surface area contributed by atoms with E-state index in [1.807, 2.05) is 6.07 Å². The molecule has 1 aromatic carbocycles. The van der Waals surface area contributed by atoms with Crippen molar-refractivity contribution in [3.8, 4) is 0 Å². The Morgan fingerprint density at radius 2 is 2.18 bits per heavy atom. The average Bonchev–Trinajstić information content (AvgIpc) is 2.87. The second-order valence-corrected chi connectivity index (χ2v) is 5.59. The van der Waals surface area contributed by atoms with Gasteiger partial charge in [0.25, 0.3) is 0 Å². The highest BCUT2D eigenvalue weighted by Crippen LogP contribution is 2.36. The van der Waals surface area contributed by atoms with Crippen molar-refractivity contribution >= 4 is 21.4 Å². The van der Waals surface area contributed by atoms with Crippen molar-refractivity contribution in [1.82, 2.24) is 0 Å². The van der Waals surface area contributed by atoms with Gasteiger partial charge in [-0.15, -0.1) is 11.3 Å². The van der Waals surface area contributed by atoms with Crippen LogP contribution in [0, 0.1) is 5.92 Å². The number of aliphatic hydroxyl groups is 1. The van der Waals surface area contributed by atoms with Crippen LogP contribution in [0.1, 0.15) is 30.9 Å². The summed E-state index contributed by atoms with van der Waals surface area (Å²) in [4.78, 5) is 0. The molecule has 2 unspecified atom stereocenters. The first-order chi connectivity index (χ1) is 8.36. The van der Waals surface area contributed by atoms with E-state index in [1.165, 1.54) is 10.1 Å². The molecule has 0 saturated heterocycles. The molecule has 2 aromatic rings. The van der Waals surface area contributed by atoms with E-state index in [0.717, 1.165) is 24.8 Å². The van der Waals surface area contributed by atoms with Gasteiger partial charge in [0.2, 0.25) is 0 Å². The first kappa shape index (κ1) is 11.0. The van der Waals surface area contributed by atoms with Crippen molar-refractivity contribution < 1.29 is 5.11 Å². The molecule has 17 heavy (non-hydrogen) atoms. The van der Waals surface area contributed by atoms with Crippen molar-refractivity contribution in [1.29, 1.82) is 0 Å². The topological polar surface area (TPSA) is 20.2 Å². The third-order valence-electron chi connectivity index (χ3n) is 3.58. The summed E-state index contributed by atoms with van der Waals surface area (Å²) in [5, 5.41) is 13.9. The molecule has 1 heterocycles. The van der Waals surface area contributed by atoms with Crippen LogP contribution in [0.5, 0.6) is 0 Å². The highest BCUT2D eigenvalue weighted by molar-refractivity contribution is 7.17. The van der Waals surface area contributed by atoms with Gasteiger partial charge in [-0.1, -0.05) is 30.4 Å². The second-order valence-electron chi connectivity index (χ2n) is 4.68. The molecule has 3 rings (SSSR count). The zero-order valence-electron chi connectivity index (χ0n) is 9.67. The van der Waals surface area contributed by atoms with Gasteiger partial charge >= 0.3 is 0 Å². The lowest BCUT2D eigenvalue weighted by atomic mass is 9.86. The van der Waals surface area contributed by atoms with Crippen LogP contribution in [0.25, 0.3) is 10.1 Å². The van der Waals surface area contributed by atoms with Crippen LogP contribution in [0.15, 0.2) is 41.8 Å². The zero-order valence-corrected chi connectivity index (χ0v) is 10.5. The van der Waals surface area contributed by atoms with Gasteiger partial charge in [0.1, 0.15) is 0 Å². The third-order valence-corrected chi connectivity index (χ3v) is 4.56. The van der Waals surface area contributed by atoms with E-state index in [1.54, 1.807) is 11.3 Å². The largest absolute Gasteiger partial charge is 0.388 e. The summed E-state index contributed by atoms with van der Waals surface area (Å²) in [6.45, 7) is 0. The summed E-state index contributed by atoms with van der Waals surface area (Å²) in [6.07, 6.45) is 7.30. The van der Waals surface area contributed by atoms with Crippen LogP contribution in [-0.4, -0.2) is 5.11 Å². The molecule has 1 aliphatic rings. The van der Waals surface area contributed by atoms with E-state index < -0.39 is 0 Å². The van der Waals surface area contributed by atoms with Crippen molar-refractivity contribution in [2.75, 3.05) is 0 Å². The minimum Gasteiger partial charge on any atom is -0.388 e. The summed E-state index contributed by atoms with van der Waals surface area (Å²) in [7, 11) is 0. The molecule has 2 atom stereocenters. The quantitative estimate of drug-likeness (QED) is 0.781. The van der Waals surface area contributed by atoms with E-state index in [0.29, 0.717) is 5.92 Å². The van der Waals surface area contributed by atoms with Crippen molar-refractivity contribution in [2.24, 2.45) is 5.92 Å². The third kappa shape index (κ3) is 2.03. The Balaban J connectivity index is 1.97. The maximum Gasteiger partial charge on any atom is 0.0835 e. The number of hydrogen-bond donors (Lipinski definition) is 1. The zero-order chi connectivity index (χ0) is 11.7.